The molecule has 0 spiro atoms. The molecule has 6 rings (SSSR count). The molecule has 0 saturated carbocycles. The highest BCUT2D eigenvalue weighted by molar-refractivity contribution is 6.30. The van der Waals surface area contributed by atoms with Crippen molar-refractivity contribution in [3.63, 3.8) is 0 Å². The summed E-state index contributed by atoms with van der Waals surface area (Å²) in [7, 11) is 1.63. The lowest BCUT2D eigenvalue weighted by Gasteiger charge is -2.29. The van der Waals surface area contributed by atoms with Crippen LogP contribution in [0.5, 0.6) is 5.75 Å². The molecule has 3 aromatic carbocycles. The standard InChI is InChI=1S/C32H31ClN4O3/c1-40-28-12-6-4-10-24(28)27-19-26(35-37(27)29(38)20-36-17-7-2-8-18-36)31-30(21-13-15-22(33)16-14-21)23-9-3-5-11-25(23)34-32(31)39/h3-6,9-16,27H,2,7-8,17-20H2,1H3,(H,34,39)/t27-/m0/s1. The molecule has 1 amide bonds. The van der Waals surface area contributed by atoms with Crippen molar-refractivity contribution in [3.8, 4) is 16.9 Å². The van der Waals surface area contributed by atoms with E-state index in [2.05, 4.69) is 9.88 Å². The van der Waals surface area contributed by atoms with Crippen molar-refractivity contribution < 1.29 is 9.53 Å². The summed E-state index contributed by atoms with van der Waals surface area (Å²) >= 11 is 6.21. The second-order valence-electron chi connectivity index (χ2n) is 10.3. The van der Waals surface area contributed by atoms with Gasteiger partial charge in [-0.15, -0.1) is 0 Å². The van der Waals surface area contributed by atoms with Gasteiger partial charge in [0.15, 0.2) is 0 Å². The first-order valence-corrected chi connectivity index (χ1v) is 14.1. The molecule has 204 valence electrons. The van der Waals surface area contributed by atoms with Crippen molar-refractivity contribution in [1.82, 2.24) is 14.9 Å². The van der Waals surface area contributed by atoms with Gasteiger partial charge in [-0.3, -0.25) is 14.5 Å². The van der Waals surface area contributed by atoms with Gasteiger partial charge < -0.3 is 9.72 Å². The third-order valence-corrected chi connectivity index (χ3v) is 8.07. The highest BCUT2D eigenvalue weighted by Crippen LogP contribution is 2.40. The van der Waals surface area contributed by atoms with Crippen molar-refractivity contribution in [3.05, 3.63) is 99.3 Å². The molecule has 2 aliphatic heterocycles. The molecule has 0 aliphatic carbocycles. The van der Waals surface area contributed by atoms with E-state index < -0.39 is 6.04 Å². The van der Waals surface area contributed by atoms with Gasteiger partial charge in [0, 0.05) is 33.5 Å². The van der Waals surface area contributed by atoms with E-state index in [1.54, 1.807) is 12.1 Å². The molecule has 2 aliphatic rings. The van der Waals surface area contributed by atoms with E-state index in [0.717, 1.165) is 53.5 Å². The number of aromatic nitrogens is 1. The molecule has 40 heavy (non-hydrogen) atoms. The molecule has 3 heterocycles. The van der Waals surface area contributed by atoms with Crippen LogP contribution in [0.25, 0.3) is 22.0 Å². The number of ether oxygens (including phenoxy) is 1. The van der Waals surface area contributed by atoms with Crippen LogP contribution in [0.1, 0.15) is 42.9 Å². The molecule has 1 aromatic heterocycles. The maximum absolute atomic E-state index is 13.8. The van der Waals surface area contributed by atoms with Gasteiger partial charge in [-0.25, -0.2) is 5.01 Å². The molecule has 1 atom stereocenters. The fourth-order valence-electron chi connectivity index (χ4n) is 5.89. The Hall–Kier alpha value is -3.94. The van der Waals surface area contributed by atoms with Crippen molar-refractivity contribution in [2.45, 2.75) is 31.7 Å². The number of hydrogen-bond donors (Lipinski definition) is 1. The highest BCUT2D eigenvalue weighted by Gasteiger charge is 2.37. The zero-order valence-electron chi connectivity index (χ0n) is 22.4. The second kappa shape index (κ2) is 11.3. The number of piperidine rings is 1. The lowest BCUT2D eigenvalue weighted by atomic mass is 9.91. The molecule has 1 saturated heterocycles. The summed E-state index contributed by atoms with van der Waals surface area (Å²) in [6.45, 7) is 2.10. The smallest absolute Gasteiger partial charge is 0.258 e. The normalized spacial score (nSPS) is 17.7. The molecular formula is C32H31ClN4O3. The summed E-state index contributed by atoms with van der Waals surface area (Å²) in [6.07, 6.45) is 3.76. The number of carbonyl (C=O) groups excluding carboxylic acids is 1. The summed E-state index contributed by atoms with van der Waals surface area (Å²) in [5.41, 5.74) is 4.02. The Kier molecular flexibility index (Phi) is 7.41. The lowest BCUT2D eigenvalue weighted by molar-refractivity contribution is -0.134. The van der Waals surface area contributed by atoms with Gasteiger partial charge in [0.05, 0.1) is 31.0 Å². The van der Waals surface area contributed by atoms with Crippen molar-refractivity contribution in [2.75, 3.05) is 26.7 Å². The minimum atomic E-state index is -0.396. The fourth-order valence-corrected chi connectivity index (χ4v) is 6.02. The number of pyridine rings is 1. The number of hydrazone groups is 1. The van der Waals surface area contributed by atoms with E-state index in [1.165, 1.54) is 6.42 Å². The summed E-state index contributed by atoms with van der Waals surface area (Å²) < 4.78 is 5.68. The summed E-state index contributed by atoms with van der Waals surface area (Å²) in [5.74, 6) is 0.600. The van der Waals surface area contributed by atoms with E-state index in [1.807, 2.05) is 72.8 Å². The van der Waals surface area contributed by atoms with Crippen LogP contribution in [0.3, 0.4) is 0 Å². The average molecular weight is 555 g/mol. The van der Waals surface area contributed by atoms with Gasteiger partial charge in [-0.1, -0.05) is 66.6 Å². The minimum absolute atomic E-state index is 0.0851. The van der Waals surface area contributed by atoms with Crippen LogP contribution in [0, 0.1) is 0 Å². The number of H-pyrrole nitrogens is 1. The quantitative estimate of drug-likeness (QED) is 0.316. The number of rotatable bonds is 6. The number of carbonyl (C=O) groups is 1. The zero-order valence-corrected chi connectivity index (χ0v) is 23.2. The number of para-hydroxylation sites is 2. The van der Waals surface area contributed by atoms with Gasteiger partial charge in [-0.2, -0.15) is 5.10 Å². The van der Waals surface area contributed by atoms with Gasteiger partial charge in [0.2, 0.25) is 0 Å². The topological polar surface area (TPSA) is 78.0 Å². The lowest BCUT2D eigenvalue weighted by Crippen LogP contribution is -2.40. The Bertz CT molecular complexity index is 1640. The number of benzene rings is 3. The van der Waals surface area contributed by atoms with E-state index in [9.17, 15) is 9.59 Å². The number of amides is 1. The second-order valence-corrected chi connectivity index (χ2v) is 10.8. The van der Waals surface area contributed by atoms with E-state index in [-0.39, 0.29) is 11.5 Å². The fraction of sp³-hybridized carbons (Fsp3) is 0.281. The number of halogens is 1. The first-order valence-electron chi connectivity index (χ1n) is 13.7. The zero-order chi connectivity index (χ0) is 27.6. The van der Waals surface area contributed by atoms with Crippen LogP contribution in [0.4, 0.5) is 0 Å². The Morgan fingerprint density at radius 1 is 0.975 bits per heavy atom. The maximum Gasteiger partial charge on any atom is 0.258 e. The third kappa shape index (κ3) is 5.03. The number of aromatic amines is 1. The molecule has 0 unspecified atom stereocenters. The maximum atomic E-state index is 13.8. The first kappa shape index (κ1) is 26.3. The number of fused-ring (bicyclic) bond motifs is 1. The largest absolute Gasteiger partial charge is 0.496 e. The van der Waals surface area contributed by atoms with Gasteiger partial charge in [0.25, 0.3) is 11.5 Å². The monoisotopic (exact) mass is 554 g/mol. The number of methoxy groups -OCH3 is 1. The van der Waals surface area contributed by atoms with Crippen LogP contribution in [0.15, 0.2) is 82.7 Å². The van der Waals surface area contributed by atoms with E-state index in [4.69, 9.17) is 21.4 Å². The number of nitrogens with one attached hydrogen (secondary N) is 1. The van der Waals surface area contributed by atoms with Gasteiger partial charge in [-0.05, 0) is 55.8 Å². The average Bonchev–Trinajstić information content (AvgIpc) is 3.42. The number of likely N-dealkylation sites (tertiary alicyclic amines) is 1. The first-order chi connectivity index (χ1) is 19.5. The third-order valence-electron chi connectivity index (χ3n) is 7.81. The predicted octanol–water partition coefficient (Wildman–Crippen LogP) is 6.02. The molecule has 4 aromatic rings. The van der Waals surface area contributed by atoms with E-state index in [0.29, 0.717) is 35.0 Å². The van der Waals surface area contributed by atoms with Crippen LogP contribution < -0.4 is 10.3 Å². The van der Waals surface area contributed by atoms with Crippen LogP contribution >= 0.6 is 11.6 Å². The van der Waals surface area contributed by atoms with E-state index >= 15 is 0 Å². The number of nitrogens with zero attached hydrogens (tertiary/aromatic N) is 3. The molecule has 0 radical (unpaired) electrons. The Labute approximate surface area is 238 Å². The molecule has 1 N–H and O–H groups in total. The molecule has 1 fully saturated rings. The summed E-state index contributed by atoms with van der Waals surface area (Å²) in [4.78, 5) is 32.8. The SMILES string of the molecule is COc1ccccc1[C@@H]1CC(c2c(-c3ccc(Cl)cc3)c3ccccc3[nH]c2=O)=NN1C(=O)CN1CCCCC1. The summed E-state index contributed by atoms with van der Waals surface area (Å²) in [5, 5.41) is 7.98. The van der Waals surface area contributed by atoms with Crippen LogP contribution in [-0.2, 0) is 4.79 Å². The number of hydrogen-bond acceptors (Lipinski definition) is 5. The molecule has 0 bridgehead atoms. The van der Waals surface area contributed by atoms with Crippen molar-refractivity contribution in [2.24, 2.45) is 5.10 Å². The molecular weight excluding hydrogens is 524 g/mol. The van der Waals surface area contributed by atoms with Gasteiger partial charge in [0.1, 0.15) is 5.75 Å². The van der Waals surface area contributed by atoms with Crippen molar-refractivity contribution in [1.29, 1.82) is 0 Å². The molecule has 7 nitrogen and oxygen atoms in total. The summed E-state index contributed by atoms with van der Waals surface area (Å²) in [6, 6.07) is 22.5. The Morgan fingerprint density at radius 3 is 2.48 bits per heavy atom. The minimum Gasteiger partial charge on any atom is -0.496 e. The van der Waals surface area contributed by atoms with Crippen molar-refractivity contribution >= 4 is 34.1 Å². The highest BCUT2D eigenvalue weighted by atomic mass is 35.5. The van der Waals surface area contributed by atoms with Crippen LogP contribution in [0.2, 0.25) is 5.02 Å². The molecule has 8 heteroatoms. The van der Waals surface area contributed by atoms with Gasteiger partial charge >= 0.3 is 0 Å². The van der Waals surface area contributed by atoms with Crippen LogP contribution in [-0.4, -0.2) is 53.3 Å². The Balaban J connectivity index is 1.50. The Morgan fingerprint density at radius 2 is 1.70 bits per heavy atom. The predicted molar refractivity (Wildman–Crippen MR) is 159 cm³/mol.